The number of amides is 1. The van der Waals surface area contributed by atoms with Gasteiger partial charge < -0.3 is 10.1 Å². The third kappa shape index (κ3) is 4.40. The molecule has 30 heavy (non-hydrogen) atoms. The van der Waals surface area contributed by atoms with Gasteiger partial charge in [-0.25, -0.2) is 4.79 Å². The molecule has 1 aliphatic carbocycles. The van der Waals surface area contributed by atoms with Crippen molar-refractivity contribution in [3.05, 3.63) is 95.6 Å². The number of alkyl carbamates (subject to hydrolysis) is 1. The Morgan fingerprint density at radius 1 is 0.867 bits per heavy atom. The summed E-state index contributed by atoms with van der Waals surface area (Å²) in [5, 5.41) is 2.65. The number of hydrogen-bond donors (Lipinski definition) is 1. The van der Waals surface area contributed by atoms with Gasteiger partial charge in [0.1, 0.15) is 6.61 Å². The molecule has 3 aromatic rings. The molecule has 5 heteroatoms. The van der Waals surface area contributed by atoms with Gasteiger partial charge in [0.2, 0.25) is 0 Å². The molecular weight excluding hydrogens is 381 g/mol. The molecule has 1 aliphatic rings. The first-order chi connectivity index (χ1) is 14.6. The van der Waals surface area contributed by atoms with E-state index in [0.717, 1.165) is 27.8 Å². The molecule has 4 rings (SSSR count). The van der Waals surface area contributed by atoms with Crippen LogP contribution in [0.15, 0.2) is 78.9 Å². The van der Waals surface area contributed by atoms with Crippen LogP contribution in [0.5, 0.6) is 0 Å². The normalized spacial score (nSPS) is 13.2. The molecule has 1 N–H and O–H groups in total. The minimum atomic E-state index is -1.46. The van der Waals surface area contributed by atoms with Crippen molar-refractivity contribution >= 4 is 12.1 Å². The molecule has 0 spiro atoms. The van der Waals surface area contributed by atoms with Crippen molar-refractivity contribution < 1.29 is 18.7 Å². The van der Waals surface area contributed by atoms with E-state index in [0.29, 0.717) is 6.42 Å². The second-order valence-electron chi connectivity index (χ2n) is 7.42. The van der Waals surface area contributed by atoms with Gasteiger partial charge in [0.05, 0.1) is 6.42 Å². The van der Waals surface area contributed by atoms with E-state index in [1.165, 1.54) is 0 Å². The molecule has 0 unspecified atom stereocenters. The Labute approximate surface area is 174 Å². The highest BCUT2D eigenvalue weighted by Crippen LogP contribution is 2.44. The lowest BCUT2D eigenvalue weighted by molar-refractivity contribution is -0.129. The summed E-state index contributed by atoms with van der Waals surface area (Å²) in [6.07, 6.45) is -0.696. The van der Waals surface area contributed by atoms with Gasteiger partial charge in [0.15, 0.2) is 0 Å². The predicted molar refractivity (Wildman–Crippen MR) is 113 cm³/mol. The largest absolute Gasteiger partial charge is 0.449 e. The summed E-state index contributed by atoms with van der Waals surface area (Å²) in [7, 11) is 0. The molecule has 152 valence electrons. The molecule has 0 heterocycles. The van der Waals surface area contributed by atoms with E-state index in [4.69, 9.17) is 4.74 Å². The molecule has 0 fully saturated rings. The van der Waals surface area contributed by atoms with Gasteiger partial charge in [0, 0.05) is 12.0 Å². The van der Waals surface area contributed by atoms with Crippen LogP contribution in [0.2, 0.25) is 0 Å². The van der Waals surface area contributed by atoms with Crippen molar-refractivity contribution in [1.29, 1.82) is 0 Å². The number of halogens is 1. The van der Waals surface area contributed by atoms with E-state index in [2.05, 4.69) is 17.4 Å². The van der Waals surface area contributed by atoms with Crippen molar-refractivity contribution in [3.8, 4) is 11.1 Å². The highest BCUT2D eigenvalue weighted by molar-refractivity contribution is 5.79. The fourth-order valence-corrected chi connectivity index (χ4v) is 4.07. The lowest BCUT2D eigenvalue weighted by Gasteiger charge is -2.19. The van der Waals surface area contributed by atoms with Crippen LogP contribution in [0, 0.1) is 0 Å². The van der Waals surface area contributed by atoms with Crippen molar-refractivity contribution in [2.45, 2.75) is 24.8 Å². The number of hydrogen-bond acceptors (Lipinski definition) is 3. The number of benzene rings is 3. The topological polar surface area (TPSA) is 55.4 Å². The van der Waals surface area contributed by atoms with Gasteiger partial charge in [-0.1, -0.05) is 78.9 Å². The maximum atomic E-state index is 13.0. The van der Waals surface area contributed by atoms with Crippen LogP contribution in [-0.2, 0) is 16.0 Å². The van der Waals surface area contributed by atoms with Crippen LogP contribution in [0.4, 0.5) is 9.18 Å². The second-order valence-corrected chi connectivity index (χ2v) is 7.42. The summed E-state index contributed by atoms with van der Waals surface area (Å²) in [5.41, 5.74) is 5.43. The van der Waals surface area contributed by atoms with Gasteiger partial charge >= 0.3 is 12.1 Å². The number of carbonyl (C=O) groups excluding carboxylic acids is 2. The highest BCUT2D eigenvalue weighted by atomic mass is 19.1. The lowest BCUT2D eigenvalue weighted by Crippen LogP contribution is -2.38. The van der Waals surface area contributed by atoms with E-state index < -0.39 is 18.2 Å². The van der Waals surface area contributed by atoms with E-state index in [9.17, 15) is 14.0 Å². The third-order valence-electron chi connectivity index (χ3n) is 5.40. The van der Waals surface area contributed by atoms with Gasteiger partial charge in [0.25, 0.3) is 0 Å². The maximum Gasteiger partial charge on any atom is 0.407 e. The molecule has 0 bridgehead atoms. The summed E-state index contributed by atoms with van der Waals surface area (Å²) >= 11 is 0. The Morgan fingerprint density at radius 2 is 1.43 bits per heavy atom. The van der Waals surface area contributed by atoms with E-state index in [1.807, 2.05) is 66.7 Å². The summed E-state index contributed by atoms with van der Waals surface area (Å²) in [6, 6.07) is 23.4. The lowest BCUT2D eigenvalue weighted by atomic mass is 9.98. The number of nitrogens with one attached hydrogen (secondary N) is 1. The highest BCUT2D eigenvalue weighted by Gasteiger charge is 2.29. The number of fused-ring (bicyclic) bond motifs is 3. The zero-order valence-electron chi connectivity index (χ0n) is 16.4. The Balaban J connectivity index is 1.43. The van der Waals surface area contributed by atoms with Crippen LogP contribution in [0.1, 0.15) is 29.0 Å². The fraction of sp³-hybridized carbons (Fsp3) is 0.200. The van der Waals surface area contributed by atoms with Crippen molar-refractivity contribution in [2.24, 2.45) is 0 Å². The van der Waals surface area contributed by atoms with Crippen molar-refractivity contribution in [3.63, 3.8) is 0 Å². The molecule has 0 aromatic heterocycles. The minimum Gasteiger partial charge on any atom is -0.449 e. The fourth-order valence-electron chi connectivity index (χ4n) is 4.07. The summed E-state index contributed by atoms with van der Waals surface area (Å²) < 4.78 is 18.5. The standard InChI is InChI=1S/C25H22FNO3/c26-24(28)15-18(14-17-8-2-1-3-9-17)27-25(29)30-16-23-21-12-6-4-10-19(21)20-11-5-7-13-22(20)23/h1-13,18,23H,14-16H2,(H,27,29)/t18-/m0/s1. The third-order valence-corrected chi connectivity index (χ3v) is 5.40. The van der Waals surface area contributed by atoms with E-state index >= 15 is 0 Å². The van der Waals surface area contributed by atoms with Gasteiger partial charge in [-0.2, -0.15) is 4.39 Å². The molecule has 0 aliphatic heterocycles. The SMILES string of the molecule is O=C(F)C[C@H](Cc1ccccc1)NC(=O)OCC1c2ccccc2-c2ccccc21. The van der Waals surface area contributed by atoms with E-state index in [-0.39, 0.29) is 18.9 Å². The van der Waals surface area contributed by atoms with Gasteiger partial charge in [-0.3, -0.25) is 4.79 Å². The van der Waals surface area contributed by atoms with Gasteiger partial charge in [-0.05, 0) is 34.2 Å². The van der Waals surface area contributed by atoms with Crippen LogP contribution in [-0.4, -0.2) is 24.8 Å². The Hall–Kier alpha value is -3.47. The molecule has 0 saturated heterocycles. The maximum absolute atomic E-state index is 13.0. The average Bonchev–Trinajstić information content (AvgIpc) is 3.06. The summed E-state index contributed by atoms with van der Waals surface area (Å²) in [4.78, 5) is 23.4. The predicted octanol–water partition coefficient (Wildman–Crippen LogP) is 5.02. The zero-order valence-corrected chi connectivity index (χ0v) is 16.4. The zero-order chi connectivity index (χ0) is 20.9. The molecule has 1 amide bonds. The quantitative estimate of drug-likeness (QED) is 0.564. The minimum absolute atomic E-state index is 0.0569. The molecule has 0 saturated carbocycles. The summed E-state index contributed by atoms with van der Waals surface area (Å²) in [5.74, 6) is -0.0569. The van der Waals surface area contributed by atoms with Gasteiger partial charge in [-0.15, -0.1) is 0 Å². The Bertz CT molecular complexity index is 1010. The average molecular weight is 403 g/mol. The van der Waals surface area contributed by atoms with Crippen LogP contribution >= 0.6 is 0 Å². The molecular formula is C25H22FNO3. The van der Waals surface area contributed by atoms with Crippen LogP contribution in [0.3, 0.4) is 0 Å². The Kier molecular flexibility index (Phi) is 5.89. The van der Waals surface area contributed by atoms with Crippen molar-refractivity contribution in [2.75, 3.05) is 6.61 Å². The van der Waals surface area contributed by atoms with Crippen molar-refractivity contribution in [1.82, 2.24) is 5.32 Å². The first-order valence-corrected chi connectivity index (χ1v) is 9.95. The molecule has 3 aromatic carbocycles. The first-order valence-electron chi connectivity index (χ1n) is 9.95. The molecule has 1 atom stereocenters. The molecule has 0 radical (unpaired) electrons. The van der Waals surface area contributed by atoms with Crippen LogP contribution in [0.25, 0.3) is 11.1 Å². The number of rotatable bonds is 7. The smallest absolute Gasteiger partial charge is 0.407 e. The van der Waals surface area contributed by atoms with E-state index in [1.54, 1.807) is 0 Å². The number of ether oxygens (including phenoxy) is 1. The molecule has 4 nitrogen and oxygen atoms in total. The first kappa shape index (κ1) is 19.8. The second kappa shape index (κ2) is 8.91. The monoisotopic (exact) mass is 403 g/mol. The number of carbonyl (C=O) groups is 2. The van der Waals surface area contributed by atoms with Crippen LogP contribution < -0.4 is 5.32 Å². The summed E-state index contributed by atoms with van der Waals surface area (Å²) in [6.45, 7) is 0.168. The Morgan fingerprint density at radius 3 is 2.03 bits per heavy atom.